The van der Waals surface area contributed by atoms with Crippen LogP contribution < -0.4 is 10.5 Å². The molecular formula is C16H17BrFNO. The van der Waals surface area contributed by atoms with Crippen molar-refractivity contribution in [3.05, 3.63) is 63.9 Å². The minimum atomic E-state index is -0.227. The summed E-state index contributed by atoms with van der Waals surface area (Å²) >= 11 is 3.45. The van der Waals surface area contributed by atoms with E-state index in [4.69, 9.17) is 10.5 Å². The molecule has 0 saturated carbocycles. The lowest BCUT2D eigenvalue weighted by atomic mass is 9.99. The molecule has 0 aliphatic rings. The van der Waals surface area contributed by atoms with Gasteiger partial charge in [-0.3, -0.25) is 0 Å². The third-order valence-electron chi connectivity index (χ3n) is 3.11. The van der Waals surface area contributed by atoms with Gasteiger partial charge in [-0.05, 0) is 54.3 Å². The van der Waals surface area contributed by atoms with E-state index in [-0.39, 0.29) is 11.9 Å². The van der Waals surface area contributed by atoms with Gasteiger partial charge in [0.05, 0.1) is 7.11 Å². The Morgan fingerprint density at radius 3 is 2.70 bits per heavy atom. The second kappa shape index (κ2) is 6.86. The van der Waals surface area contributed by atoms with Gasteiger partial charge in [0.25, 0.3) is 0 Å². The Morgan fingerprint density at radius 2 is 2.00 bits per heavy atom. The molecule has 2 aromatic carbocycles. The Kier molecular flexibility index (Phi) is 5.15. The lowest BCUT2D eigenvalue weighted by Gasteiger charge is -2.15. The predicted octanol–water partition coefficient (Wildman–Crippen LogP) is 3.71. The average molecular weight is 338 g/mol. The van der Waals surface area contributed by atoms with Gasteiger partial charge in [0.15, 0.2) is 0 Å². The minimum absolute atomic E-state index is 0.0833. The van der Waals surface area contributed by atoms with Gasteiger partial charge in [-0.1, -0.05) is 28.1 Å². The van der Waals surface area contributed by atoms with Gasteiger partial charge in [-0.15, -0.1) is 0 Å². The van der Waals surface area contributed by atoms with Crippen LogP contribution in [0.4, 0.5) is 4.39 Å². The fourth-order valence-electron chi connectivity index (χ4n) is 2.23. The molecule has 0 radical (unpaired) electrons. The molecule has 2 N–H and O–H groups in total. The van der Waals surface area contributed by atoms with E-state index in [2.05, 4.69) is 15.9 Å². The standard InChI is InChI=1S/C16H17BrFNO/c1-20-16-6-5-13(17)9-12(16)10-15(19)8-11-3-2-4-14(18)7-11/h2-7,9,15H,8,10,19H2,1H3. The van der Waals surface area contributed by atoms with Crippen LogP contribution in [0.5, 0.6) is 5.75 Å². The SMILES string of the molecule is COc1ccc(Br)cc1CC(N)Cc1cccc(F)c1. The minimum Gasteiger partial charge on any atom is -0.496 e. The monoisotopic (exact) mass is 337 g/mol. The highest BCUT2D eigenvalue weighted by Crippen LogP contribution is 2.24. The maximum atomic E-state index is 13.1. The van der Waals surface area contributed by atoms with Gasteiger partial charge in [0.2, 0.25) is 0 Å². The van der Waals surface area contributed by atoms with E-state index in [1.807, 2.05) is 24.3 Å². The van der Waals surface area contributed by atoms with E-state index in [1.54, 1.807) is 13.2 Å². The highest BCUT2D eigenvalue weighted by atomic mass is 79.9. The van der Waals surface area contributed by atoms with Crippen molar-refractivity contribution in [1.82, 2.24) is 0 Å². The molecule has 0 aromatic heterocycles. The summed E-state index contributed by atoms with van der Waals surface area (Å²) in [5.74, 6) is 0.595. The third-order valence-corrected chi connectivity index (χ3v) is 3.60. The number of nitrogens with two attached hydrogens (primary N) is 1. The van der Waals surface area contributed by atoms with Gasteiger partial charge in [-0.25, -0.2) is 4.39 Å². The fourth-order valence-corrected chi connectivity index (χ4v) is 2.64. The number of halogens is 2. The zero-order valence-electron chi connectivity index (χ0n) is 11.3. The molecule has 0 spiro atoms. The summed E-state index contributed by atoms with van der Waals surface area (Å²) in [4.78, 5) is 0. The van der Waals surface area contributed by atoms with E-state index in [0.717, 1.165) is 21.3 Å². The second-order valence-corrected chi connectivity index (χ2v) is 5.67. The smallest absolute Gasteiger partial charge is 0.123 e. The first-order chi connectivity index (χ1) is 9.58. The van der Waals surface area contributed by atoms with Gasteiger partial charge in [-0.2, -0.15) is 0 Å². The Morgan fingerprint density at radius 1 is 1.20 bits per heavy atom. The summed E-state index contributed by atoms with van der Waals surface area (Å²) in [7, 11) is 1.64. The predicted molar refractivity (Wildman–Crippen MR) is 82.5 cm³/mol. The van der Waals surface area contributed by atoms with E-state index >= 15 is 0 Å². The Hall–Kier alpha value is -1.39. The molecular weight excluding hydrogens is 321 g/mol. The molecule has 0 amide bonds. The van der Waals surface area contributed by atoms with Gasteiger partial charge in [0, 0.05) is 10.5 Å². The largest absolute Gasteiger partial charge is 0.496 e. The maximum absolute atomic E-state index is 13.1. The molecule has 0 aliphatic heterocycles. The molecule has 2 aromatic rings. The topological polar surface area (TPSA) is 35.2 Å². The number of hydrogen-bond donors (Lipinski definition) is 1. The van der Waals surface area contributed by atoms with Crippen molar-refractivity contribution in [3.63, 3.8) is 0 Å². The van der Waals surface area contributed by atoms with E-state index in [9.17, 15) is 4.39 Å². The summed E-state index contributed by atoms with van der Waals surface area (Å²) in [5, 5.41) is 0. The van der Waals surface area contributed by atoms with E-state index in [1.165, 1.54) is 12.1 Å². The molecule has 20 heavy (non-hydrogen) atoms. The van der Waals surface area contributed by atoms with Crippen LogP contribution in [0.3, 0.4) is 0 Å². The summed E-state index contributed by atoms with van der Waals surface area (Å²) in [5.41, 5.74) is 8.12. The first-order valence-electron chi connectivity index (χ1n) is 6.41. The van der Waals surface area contributed by atoms with Crippen LogP contribution in [-0.2, 0) is 12.8 Å². The molecule has 0 saturated heterocycles. The lowest BCUT2D eigenvalue weighted by Crippen LogP contribution is -2.25. The van der Waals surface area contributed by atoms with Crippen LogP contribution >= 0.6 is 15.9 Å². The number of hydrogen-bond acceptors (Lipinski definition) is 2. The van der Waals surface area contributed by atoms with Crippen LogP contribution in [0.1, 0.15) is 11.1 Å². The maximum Gasteiger partial charge on any atom is 0.123 e. The van der Waals surface area contributed by atoms with Crippen molar-refractivity contribution in [1.29, 1.82) is 0 Å². The molecule has 2 rings (SSSR count). The molecule has 106 valence electrons. The van der Waals surface area contributed by atoms with Gasteiger partial charge < -0.3 is 10.5 Å². The Bertz CT molecular complexity index is 588. The fraction of sp³-hybridized carbons (Fsp3) is 0.250. The quantitative estimate of drug-likeness (QED) is 0.902. The Balaban J connectivity index is 2.08. The summed E-state index contributed by atoms with van der Waals surface area (Å²) < 4.78 is 19.5. The second-order valence-electron chi connectivity index (χ2n) is 4.75. The van der Waals surface area contributed by atoms with E-state index < -0.39 is 0 Å². The summed E-state index contributed by atoms with van der Waals surface area (Å²) in [6, 6.07) is 12.3. The van der Waals surface area contributed by atoms with Crippen LogP contribution in [0, 0.1) is 5.82 Å². The normalized spacial score (nSPS) is 12.2. The molecule has 1 unspecified atom stereocenters. The van der Waals surface area contributed by atoms with Crippen molar-refractivity contribution in [2.24, 2.45) is 5.73 Å². The van der Waals surface area contributed by atoms with Crippen molar-refractivity contribution in [3.8, 4) is 5.75 Å². The zero-order valence-corrected chi connectivity index (χ0v) is 12.9. The van der Waals surface area contributed by atoms with Crippen LogP contribution in [0.25, 0.3) is 0 Å². The number of benzene rings is 2. The average Bonchev–Trinajstić information content (AvgIpc) is 2.38. The highest BCUT2D eigenvalue weighted by Gasteiger charge is 2.10. The molecule has 2 nitrogen and oxygen atoms in total. The van der Waals surface area contributed by atoms with Crippen LogP contribution in [-0.4, -0.2) is 13.2 Å². The van der Waals surface area contributed by atoms with Gasteiger partial charge in [0.1, 0.15) is 11.6 Å². The van der Waals surface area contributed by atoms with Crippen molar-refractivity contribution in [2.75, 3.05) is 7.11 Å². The summed E-state index contributed by atoms with van der Waals surface area (Å²) in [6.45, 7) is 0. The highest BCUT2D eigenvalue weighted by molar-refractivity contribution is 9.10. The first kappa shape index (κ1) is 15.0. The van der Waals surface area contributed by atoms with Crippen molar-refractivity contribution in [2.45, 2.75) is 18.9 Å². The third kappa shape index (κ3) is 4.05. The van der Waals surface area contributed by atoms with E-state index in [0.29, 0.717) is 12.8 Å². The van der Waals surface area contributed by atoms with Crippen molar-refractivity contribution >= 4 is 15.9 Å². The molecule has 4 heteroatoms. The lowest BCUT2D eigenvalue weighted by molar-refractivity contribution is 0.407. The van der Waals surface area contributed by atoms with Crippen LogP contribution in [0.2, 0.25) is 0 Å². The number of ether oxygens (including phenoxy) is 1. The molecule has 0 heterocycles. The van der Waals surface area contributed by atoms with Gasteiger partial charge >= 0.3 is 0 Å². The molecule has 0 aliphatic carbocycles. The number of rotatable bonds is 5. The van der Waals surface area contributed by atoms with Crippen LogP contribution in [0.15, 0.2) is 46.9 Å². The molecule has 0 bridgehead atoms. The molecule has 0 fully saturated rings. The zero-order chi connectivity index (χ0) is 14.5. The molecule has 1 atom stereocenters. The van der Waals surface area contributed by atoms with Crippen molar-refractivity contribution < 1.29 is 9.13 Å². The first-order valence-corrected chi connectivity index (χ1v) is 7.20. The number of methoxy groups -OCH3 is 1. The summed E-state index contributed by atoms with van der Waals surface area (Å²) in [6.07, 6.45) is 1.31. The Labute approximate surface area is 126 Å².